The lowest BCUT2D eigenvalue weighted by Crippen LogP contribution is -2.06. The molecule has 0 N–H and O–H groups in total. The summed E-state index contributed by atoms with van der Waals surface area (Å²) < 4.78 is 17.5. The van der Waals surface area contributed by atoms with Crippen LogP contribution in [0.4, 0.5) is 15.9 Å². The van der Waals surface area contributed by atoms with Crippen molar-refractivity contribution in [2.45, 2.75) is 0 Å². The minimum Gasteiger partial charge on any atom is -0.465 e. The first-order chi connectivity index (χ1) is 7.10. The molecule has 0 aliphatic rings. The van der Waals surface area contributed by atoms with E-state index in [0.29, 0.717) is 10.8 Å². The van der Waals surface area contributed by atoms with Crippen LogP contribution in [0.3, 0.4) is 0 Å². The molecule has 0 aromatic heterocycles. The van der Waals surface area contributed by atoms with Crippen molar-refractivity contribution in [1.29, 1.82) is 0 Å². The fraction of sp³-hybridized carbons (Fsp3) is 0.200. The summed E-state index contributed by atoms with van der Waals surface area (Å²) in [4.78, 5) is 14.8. The highest BCUT2D eigenvalue weighted by Gasteiger charge is 2.11. The number of esters is 1. The Morgan fingerprint density at radius 2 is 2.27 bits per heavy atom. The molecule has 0 radical (unpaired) electrons. The topological polar surface area (TPSA) is 41.9 Å². The van der Waals surface area contributed by atoms with Crippen molar-refractivity contribution in [1.82, 2.24) is 0 Å². The average Bonchev–Trinajstić information content (AvgIpc) is 2.27. The van der Waals surface area contributed by atoms with E-state index in [2.05, 4.69) is 16.4 Å². The van der Waals surface area contributed by atoms with Gasteiger partial charge in [-0.25, -0.2) is 9.92 Å². The second kappa shape index (κ2) is 4.54. The van der Waals surface area contributed by atoms with Crippen molar-refractivity contribution in [2.24, 2.45) is 4.99 Å². The molecule has 4 nitrogen and oxygen atoms in total. The smallest absolute Gasteiger partial charge is 0.337 e. The Labute approximate surface area is 86.9 Å². The van der Waals surface area contributed by atoms with Gasteiger partial charge >= 0.3 is 5.97 Å². The van der Waals surface area contributed by atoms with Gasteiger partial charge in [-0.1, -0.05) is 0 Å². The molecule has 5 heteroatoms. The number of carbonyl (C=O) groups is 1. The van der Waals surface area contributed by atoms with E-state index in [1.807, 2.05) is 0 Å². The van der Waals surface area contributed by atoms with Crippen molar-refractivity contribution in [2.75, 3.05) is 19.3 Å². The highest BCUT2D eigenvalue weighted by atomic mass is 19.2. The molecule has 1 rings (SSSR count). The quantitative estimate of drug-likeness (QED) is 0.436. The standard InChI is InChI=1S/C10H11FN2O2/c1-12-8-5-4-7(10(14)15-3)6-9(8)13(2)11/h4-6H,1H2,2-3H3. The maximum atomic E-state index is 13.0. The van der Waals surface area contributed by atoms with Crippen molar-refractivity contribution in [3.8, 4) is 0 Å². The summed E-state index contributed by atoms with van der Waals surface area (Å²) in [6, 6.07) is 4.36. The van der Waals surface area contributed by atoms with Crippen LogP contribution in [0.1, 0.15) is 10.4 Å². The first-order valence-corrected chi connectivity index (χ1v) is 4.18. The Hall–Kier alpha value is -1.91. The molecule has 0 unspecified atom stereocenters. The normalized spacial score (nSPS) is 9.53. The molecular weight excluding hydrogens is 199 g/mol. The number of carbonyl (C=O) groups excluding carboxylic acids is 1. The van der Waals surface area contributed by atoms with Crippen LogP contribution in [0.2, 0.25) is 0 Å². The van der Waals surface area contributed by atoms with Gasteiger partial charge in [-0.05, 0) is 24.9 Å². The molecule has 0 amide bonds. The number of aliphatic imine (C=N–C) groups is 1. The van der Waals surface area contributed by atoms with Gasteiger partial charge in [-0.15, -0.1) is 4.48 Å². The molecule has 0 aliphatic heterocycles. The summed E-state index contributed by atoms with van der Waals surface area (Å²) >= 11 is 0. The van der Waals surface area contributed by atoms with Crippen LogP contribution < -0.4 is 5.12 Å². The molecule has 0 bridgehead atoms. The molecular formula is C10H11FN2O2. The Morgan fingerprint density at radius 1 is 1.60 bits per heavy atom. The molecule has 0 aliphatic carbocycles. The average molecular weight is 210 g/mol. The number of hydrogen-bond donors (Lipinski definition) is 0. The van der Waals surface area contributed by atoms with Gasteiger partial charge in [-0.3, -0.25) is 4.99 Å². The van der Waals surface area contributed by atoms with Crippen LogP contribution in [0, 0.1) is 0 Å². The highest BCUT2D eigenvalue weighted by molar-refractivity contribution is 5.92. The van der Waals surface area contributed by atoms with E-state index in [1.165, 1.54) is 32.4 Å². The summed E-state index contributed by atoms with van der Waals surface area (Å²) in [5, 5.41) is 0.371. The fourth-order valence-electron chi connectivity index (χ4n) is 1.15. The number of hydrogen-bond acceptors (Lipinski definition) is 4. The van der Waals surface area contributed by atoms with Gasteiger partial charge in [0.2, 0.25) is 0 Å². The molecule has 0 heterocycles. The van der Waals surface area contributed by atoms with Gasteiger partial charge in [0.05, 0.1) is 24.0 Å². The number of methoxy groups -OCH3 is 1. The molecule has 0 fully saturated rings. The van der Waals surface area contributed by atoms with Crippen LogP contribution in [0.5, 0.6) is 0 Å². The summed E-state index contributed by atoms with van der Waals surface area (Å²) in [6.45, 7) is 3.31. The van der Waals surface area contributed by atoms with Gasteiger partial charge in [0.25, 0.3) is 0 Å². The second-order valence-electron chi connectivity index (χ2n) is 2.83. The molecule has 0 saturated carbocycles. The zero-order chi connectivity index (χ0) is 11.4. The predicted molar refractivity (Wildman–Crippen MR) is 56.5 cm³/mol. The molecule has 0 spiro atoms. The molecule has 0 saturated heterocycles. The van der Waals surface area contributed by atoms with E-state index in [1.54, 1.807) is 0 Å². The number of halogens is 1. The van der Waals surface area contributed by atoms with Crippen molar-refractivity contribution in [3.05, 3.63) is 23.8 Å². The Morgan fingerprint density at radius 3 is 2.73 bits per heavy atom. The summed E-state index contributed by atoms with van der Waals surface area (Å²) in [6.07, 6.45) is 0. The van der Waals surface area contributed by atoms with E-state index in [-0.39, 0.29) is 11.3 Å². The van der Waals surface area contributed by atoms with E-state index in [9.17, 15) is 9.28 Å². The van der Waals surface area contributed by atoms with Crippen LogP contribution in [-0.2, 0) is 4.74 Å². The third kappa shape index (κ3) is 2.31. The molecule has 1 aromatic rings. The van der Waals surface area contributed by atoms with Gasteiger partial charge in [0.15, 0.2) is 0 Å². The summed E-state index contributed by atoms with van der Waals surface area (Å²) in [5.41, 5.74) is 0.810. The summed E-state index contributed by atoms with van der Waals surface area (Å²) in [7, 11) is 2.48. The van der Waals surface area contributed by atoms with E-state index in [4.69, 9.17) is 0 Å². The fourth-order valence-corrected chi connectivity index (χ4v) is 1.15. The van der Waals surface area contributed by atoms with Gasteiger partial charge in [-0.2, -0.15) is 0 Å². The lowest BCUT2D eigenvalue weighted by Gasteiger charge is -2.11. The lowest BCUT2D eigenvalue weighted by atomic mass is 10.1. The van der Waals surface area contributed by atoms with Crippen LogP contribution in [-0.4, -0.2) is 26.8 Å². The third-order valence-electron chi connectivity index (χ3n) is 1.90. The van der Waals surface area contributed by atoms with Gasteiger partial charge < -0.3 is 4.74 Å². The number of nitrogens with zero attached hydrogens (tertiary/aromatic N) is 2. The Bertz CT molecular complexity index is 391. The van der Waals surface area contributed by atoms with Crippen LogP contribution >= 0.6 is 0 Å². The first kappa shape index (κ1) is 11.2. The van der Waals surface area contributed by atoms with Crippen molar-refractivity contribution < 1.29 is 14.0 Å². The van der Waals surface area contributed by atoms with Crippen molar-refractivity contribution >= 4 is 24.1 Å². The summed E-state index contributed by atoms with van der Waals surface area (Å²) in [5.74, 6) is -0.520. The van der Waals surface area contributed by atoms with Gasteiger partial charge in [0.1, 0.15) is 0 Å². The minimum absolute atomic E-state index is 0.174. The maximum Gasteiger partial charge on any atom is 0.337 e. The SMILES string of the molecule is C=Nc1ccc(C(=O)OC)cc1N(C)F. The molecule has 1 aromatic carbocycles. The third-order valence-corrected chi connectivity index (χ3v) is 1.90. The maximum absolute atomic E-state index is 13.0. The van der Waals surface area contributed by atoms with Crippen LogP contribution in [0.15, 0.2) is 23.2 Å². The zero-order valence-corrected chi connectivity index (χ0v) is 8.53. The molecule has 80 valence electrons. The van der Waals surface area contributed by atoms with Crippen LogP contribution in [0.25, 0.3) is 0 Å². The highest BCUT2D eigenvalue weighted by Crippen LogP contribution is 2.29. The number of rotatable bonds is 3. The zero-order valence-electron chi connectivity index (χ0n) is 8.53. The predicted octanol–water partition coefficient (Wildman–Crippen LogP) is 2.13. The second-order valence-corrected chi connectivity index (χ2v) is 2.83. The largest absolute Gasteiger partial charge is 0.465 e. The number of anilines is 1. The Balaban J connectivity index is 3.21. The number of ether oxygens (including phenoxy) is 1. The monoisotopic (exact) mass is 210 g/mol. The molecule has 15 heavy (non-hydrogen) atoms. The van der Waals surface area contributed by atoms with Crippen molar-refractivity contribution in [3.63, 3.8) is 0 Å². The van der Waals surface area contributed by atoms with Gasteiger partial charge in [0, 0.05) is 7.05 Å². The lowest BCUT2D eigenvalue weighted by molar-refractivity contribution is 0.0601. The minimum atomic E-state index is -0.520. The number of benzene rings is 1. The first-order valence-electron chi connectivity index (χ1n) is 4.18. The van der Waals surface area contributed by atoms with E-state index >= 15 is 0 Å². The van der Waals surface area contributed by atoms with E-state index in [0.717, 1.165) is 0 Å². The van der Waals surface area contributed by atoms with E-state index < -0.39 is 5.97 Å². The Kier molecular flexibility index (Phi) is 3.38. The molecule has 0 atom stereocenters.